The van der Waals surface area contributed by atoms with Gasteiger partial charge >= 0.3 is 0 Å². The molecule has 0 aliphatic rings. The van der Waals surface area contributed by atoms with Crippen LogP contribution in [-0.2, 0) is 16.6 Å². The number of hydrogen-bond donors (Lipinski definition) is 1. The Kier molecular flexibility index (Phi) is 5.38. The summed E-state index contributed by atoms with van der Waals surface area (Å²) in [4.78, 5) is 11.9. The van der Waals surface area contributed by atoms with E-state index in [-0.39, 0.29) is 12.0 Å². The highest BCUT2D eigenvalue weighted by Gasteiger charge is 2.12. The molecular weight excluding hydrogens is 282 g/mol. The number of hydrogen-bond acceptors (Lipinski definition) is 4. The van der Waals surface area contributed by atoms with Crippen LogP contribution in [-0.4, -0.2) is 35.5 Å². The highest BCUT2D eigenvalue weighted by Crippen LogP contribution is 2.28. The van der Waals surface area contributed by atoms with Crippen molar-refractivity contribution in [3.63, 3.8) is 0 Å². The SMILES string of the molecule is COCCCC(=O)Nc1ccc2c(c1)c(OC(C)C)nn2C. The molecule has 0 fully saturated rings. The Morgan fingerprint density at radius 3 is 2.86 bits per heavy atom. The summed E-state index contributed by atoms with van der Waals surface area (Å²) in [6, 6.07) is 5.70. The number of amides is 1. The molecule has 1 N–H and O–H groups in total. The Morgan fingerprint density at radius 1 is 1.41 bits per heavy atom. The maximum Gasteiger partial charge on any atom is 0.241 e. The summed E-state index contributed by atoms with van der Waals surface area (Å²) in [6.45, 7) is 4.51. The van der Waals surface area contributed by atoms with E-state index < -0.39 is 0 Å². The van der Waals surface area contributed by atoms with Crippen molar-refractivity contribution in [1.82, 2.24) is 9.78 Å². The van der Waals surface area contributed by atoms with E-state index in [1.807, 2.05) is 39.1 Å². The van der Waals surface area contributed by atoms with Crippen molar-refractivity contribution in [2.75, 3.05) is 19.0 Å². The Balaban J connectivity index is 2.16. The molecule has 1 aromatic carbocycles. The molecule has 0 spiro atoms. The molecule has 1 amide bonds. The largest absolute Gasteiger partial charge is 0.473 e. The summed E-state index contributed by atoms with van der Waals surface area (Å²) in [5.74, 6) is 0.564. The summed E-state index contributed by atoms with van der Waals surface area (Å²) < 4.78 is 12.4. The minimum Gasteiger partial charge on any atom is -0.473 e. The van der Waals surface area contributed by atoms with Gasteiger partial charge in [0.2, 0.25) is 11.8 Å². The van der Waals surface area contributed by atoms with Crippen LogP contribution in [0.25, 0.3) is 10.9 Å². The fourth-order valence-electron chi connectivity index (χ4n) is 2.22. The minimum absolute atomic E-state index is 0.0216. The first-order valence-electron chi connectivity index (χ1n) is 7.43. The quantitative estimate of drug-likeness (QED) is 0.799. The second kappa shape index (κ2) is 7.26. The van der Waals surface area contributed by atoms with Crippen molar-refractivity contribution in [2.24, 2.45) is 7.05 Å². The van der Waals surface area contributed by atoms with Gasteiger partial charge in [0.15, 0.2) is 0 Å². The van der Waals surface area contributed by atoms with Gasteiger partial charge in [0, 0.05) is 32.9 Å². The van der Waals surface area contributed by atoms with E-state index >= 15 is 0 Å². The molecule has 6 heteroatoms. The molecule has 0 saturated carbocycles. The van der Waals surface area contributed by atoms with Crippen molar-refractivity contribution in [3.8, 4) is 5.88 Å². The van der Waals surface area contributed by atoms with Crippen LogP contribution < -0.4 is 10.1 Å². The average Bonchev–Trinajstić information content (AvgIpc) is 2.74. The van der Waals surface area contributed by atoms with Crippen molar-refractivity contribution in [1.29, 1.82) is 0 Å². The van der Waals surface area contributed by atoms with Gasteiger partial charge in [-0.15, -0.1) is 5.10 Å². The number of fused-ring (bicyclic) bond motifs is 1. The van der Waals surface area contributed by atoms with E-state index in [2.05, 4.69) is 10.4 Å². The van der Waals surface area contributed by atoms with Crippen LogP contribution in [0.15, 0.2) is 18.2 Å². The van der Waals surface area contributed by atoms with E-state index in [1.54, 1.807) is 11.8 Å². The first-order valence-corrected chi connectivity index (χ1v) is 7.43. The summed E-state index contributed by atoms with van der Waals surface area (Å²) in [5.41, 5.74) is 1.71. The molecule has 0 aliphatic carbocycles. The van der Waals surface area contributed by atoms with Gasteiger partial charge < -0.3 is 14.8 Å². The monoisotopic (exact) mass is 305 g/mol. The standard InChI is InChI=1S/C16H23N3O3/c1-11(2)22-16-13-10-12(7-8-14(13)19(3)18-16)17-15(20)6-5-9-21-4/h7-8,10-11H,5-6,9H2,1-4H3,(H,17,20). The van der Waals surface area contributed by atoms with Crippen molar-refractivity contribution >= 4 is 22.5 Å². The number of aryl methyl sites for hydroxylation is 1. The molecule has 2 rings (SSSR count). The van der Waals surface area contributed by atoms with Crippen LogP contribution in [0.2, 0.25) is 0 Å². The number of aromatic nitrogens is 2. The van der Waals surface area contributed by atoms with Gasteiger partial charge in [-0.05, 0) is 38.5 Å². The van der Waals surface area contributed by atoms with Crippen LogP contribution in [0.4, 0.5) is 5.69 Å². The zero-order valence-electron chi connectivity index (χ0n) is 13.5. The lowest BCUT2D eigenvalue weighted by Gasteiger charge is -2.08. The number of nitrogens with one attached hydrogen (secondary N) is 1. The second-order valence-corrected chi connectivity index (χ2v) is 5.47. The number of carbonyl (C=O) groups excluding carboxylic acids is 1. The predicted octanol–water partition coefficient (Wildman–Crippen LogP) is 2.73. The molecule has 0 atom stereocenters. The molecule has 0 bridgehead atoms. The van der Waals surface area contributed by atoms with Crippen LogP contribution in [0.1, 0.15) is 26.7 Å². The summed E-state index contributed by atoms with van der Waals surface area (Å²) in [7, 11) is 3.50. The fourth-order valence-corrected chi connectivity index (χ4v) is 2.22. The van der Waals surface area contributed by atoms with Crippen LogP contribution >= 0.6 is 0 Å². The third kappa shape index (κ3) is 3.98. The van der Waals surface area contributed by atoms with Gasteiger partial charge in [-0.3, -0.25) is 9.48 Å². The van der Waals surface area contributed by atoms with Crippen molar-refractivity contribution in [2.45, 2.75) is 32.8 Å². The van der Waals surface area contributed by atoms with E-state index in [4.69, 9.17) is 9.47 Å². The average molecular weight is 305 g/mol. The smallest absolute Gasteiger partial charge is 0.241 e. The van der Waals surface area contributed by atoms with Gasteiger partial charge in [-0.25, -0.2) is 0 Å². The molecule has 6 nitrogen and oxygen atoms in total. The number of carbonyl (C=O) groups is 1. The Hall–Kier alpha value is -2.08. The van der Waals surface area contributed by atoms with E-state index in [1.165, 1.54) is 0 Å². The van der Waals surface area contributed by atoms with Gasteiger partial charge in [-0.1, -0.05) is 0 Å². The molecule has 0 radical (unpaired) electrons. The highest BCUT2D eigenvalue weighted by atomic mass is 16.5. The molecule has 0 aliphatic heterocycles. The number of rotatable bonds is 7. The lowest BCUT2D eigenvalue weighted by atomic mass is 10.2. The normalized spacial score (nSPS) is 11.1. The number of anilines is 1. The molecule has 0 saturated heterocycles. The summed E-state index contributed by atoms with van der Waals surface area (Å²) in [5, 5.41) is 8.17. The number of methoxy groups -OCH3 is 1. The van der Waals surface area contributed by atoms with Gasteiger partial charge in [-0.2, -0.15) is 0 Å². The maximum atomic E-state index is 11.9. The van der Waals surface area contributed by atoms with Gasteiger partial charge in [0.05, 0.1) is 17.0 Å². The van der Waals surface area contributed by atoms with Gasteiger partial charge in [0.1, 0.15) is 0 Å². The van der Waals surface area contributed by atoms with Crippen molar-refractivity contribution in [3.05, 3.63) is 18.2 Å². The molecule has 1 aromatic heterocycles. The first kappa shape index (κ1) is 16.3. The third-order valence-electron chi connectivity index (χ3n) is 3.20. The lowest BCUT2D eigenvalue weighted by molar-refractivity contribution is -0.116. The number of benzene rings is 1. The highest BCUT2D eigenvalue weighted by molar-refractivity contribution is 5.95. The Bertz CT molecular complexity index is 649. The summed E-state index contributed by atoms with van der Waals surface area (Å²) in [6.07, 6.45) is 1.19. The van der Waals surface area contributed by atoms with Crippen LogP contribution in [0, 0.1) is 0 Å². The maximum absolute atomic E-state index is 11.9. The molecule has 2 aromatic rings. The number of nitrogens with zero attached hydrogens (tertiary/aromatic N) is 2. The Labute approximate surface area is 130 Å². The molecule has 22 heavy (non-hydrogen) atoms. The second-order valence-electron chi connectivity index (χ2n) is 5.47. The van der Waals surface area contributed by atoms with Crippen LogP contribution in [0.5, 0.6) is 5.88 Å². The molecule has 0 unspecified atom stereocenters. The molecule has 120 valence electrons. The summed E-state index contributed by atoms with van der Waals surface area (Å²) >= 11 is 0. The third-order valence-corrected chi connectivity index (χ3v) is 3.20. The lowest BCUT2D eigenvalue weighted by Crippen LogP contribution is -2.12. The predicted molar refractivity (Wildman–Crippen MR) is 86.2 cm³/mol. The van der Waals surface area contributed by atoms with E-state index in [0.29, 0.717) is 25.3 Å². The fraction of sp³-hybridized carbons (Fsp3) is 0.500. The topological polar surface area (TPSA) is 65.4 Å². The molecular formula is C16H23N3O3. The van der Waals surface area contributed by atoms with E-state index in [0.717, 1.165) is 16.6 Å². The van der Waals surface area contributed by atoms with Gasteiger partial charge in [0.25, 0.3) is 0 Å². The zero-order valence-corrected chi connectivity index (χ0v) is 13.5. The zero-order chi connectivity index (χ0) is 16.1. The first-order chi connectivity index (χ1) is 10.5. The van der Waals surface area contributed by atoms with Crippen LogP contribution in [0.3, 0.4) is 0 Å². The van der Waals surface area contributed by atoms with Crippen molar-refractivity contribution < 1.29 is 14.3 Å². The number of ether oxygens (including phenoxy) is 2. The van der Waals surface area contributed by atoms with E-state index in [9.17, 15) is 4.79 Å². The molecule has 1 heterocycles. The Morgan fingerprint density at radius 2 is 2.18 bits per heavy atom. The minimum atomic E-state index is -0.0216.